The Morgan fingerprint density at radius 1 is 0.774 bits per heavy atom. The summed E-state index contributed by atoms with van der Waals surface area (Å²) >= 11 is 0. The van der Waals surface area contributed by atoms with Crippen LogP contribution in [0.5, 0.6) is 23.0 Å². The van der Waals surface area contributed by atoms with Crippen molar-refractivity contribution in [2.75, 3.05) is 14.2 Å². The normalized spacial score (nSPS) is 11.1. The summed E-state index contributed by atoms with van der Waals surface area (Å²) < 4.78 is 9.95. The molecule has 2 N–H and O–H groups in total. The molecule has 31 heavy (non-hydrogen) atoms. The molecule has 0 aromatic heterocycles. The predicted molar refractivity (Wildman–Crippen MR) is 112 cm³/mol. The van der Waals surface area contributed by atoms with E-state index < -0.39 is 23.3 Å². The Bertz CT molecular complexity index is 990. The lowest BCUT2D eigenvalue weighted by atomic mass is 9.93. The molecule has 0 saturated heterocycles. The van der Waals surface area contributed by atoms with E-state index >= 15 is 0 Å². The summed E-state index contributed by atoms with van der Waals surface area (Å²) in [4.78, 5) is 47.8. The maximum absolute atomic E-state index is 12.5. The van der Waals surface area contributed by atoms with Gasteiger partial charge in [-0.25, -0.2) is 0 Å². The van der Waals surface area contributed by atoms with Crippen molar-refractivity contribution in [2.45, 2.75) is 0 Å². The van der Waals surface area contributed by atoms with E-state index in [0.29, 0.717) is 11.1 Å². The number of carbonyl (C=O) groups is 4. The van der Waals surface area contributed by atoms with E-state index in [1.807, 2.05) is 0 Å². The maximum Gasteiger partial charge on any atom is 0.213 e. The van der Waals surface area contributed by atoms with Gasteiger partial charge in [0, 0.05) is 0 Å². The van der Waals surface area contributed by atoms with Crippen LogP contribution in [0.4, 0.5) is 0 Å². The number of rotatable bonds is 10. The van der Waals surface area contributed by atoms with E-state index in [9.17, 15) is 29.4 Å². The minimum absolute atomic E-state index is 0.0741. The third-order valence-electron chi connectivity index (χ3n) is 4.26. The van der Waals surface area contributed by atoms with Crippen LogP contribution in [0.25, 0.3) is 12.2 Å². The lowest BCUT2D eigenvalue weighted by Crippen LogP contribution is -2.30. The first-order valence-electron chi connectivity index (χ1n) is 8.97. The Labute approximate surface area is 178 Å². The SMILES string of the molecule is COc1cc(/C=C/C(=O)C(C(=O)C=O)C(=O)/C=C/c2ccc(O)c(OC)c2)ccc1O. The van der Waals surface area contributed by atoms with Crippen molar-refractivity contribution < 1.29 is 38.9 Å². The Balaban J connectivity index is 2.24. The Kier molecular flexibility index (Phi) is 7.85. The van der Waals surface area contributed by atoms with Crippen LogP contribution in [0.2, 0.25) is 0 Å². The molecule has 8 nitrogen and oxygen atoms in total. The van der Waals surface area contributed by atoms with E-state index in [1.165, 1.54) is 62.8 Å². The van der Waals surface area contributed by atoms with Gasteiger partial charge in [-0.2, -0.15) is 0 Å². The maximum atomic E-state index is 12.5. The van der Waals surface area contributed by atoms with Crippen molar-refractivity contribution >= 4 is 35.8 Å². The van der Waals surface area contributed by atoms with Crippen molar-refractivity contribution in [3.05, 3.63) is 59.7 Å². The highest BCUT2D eigenvalue weighted by atomic mass is 16.5. The first-order valence-corrected chi connectivity index (χ1v) is 8.97. The highest BCUT2D eigenvalue weighted by Crippen LogP contribution is 2.27. The van der Waals surface area contributed by atoms with Crippen LogP contribution in [0.15, 0.2) is 48.6 Å². The molecule has 8 heteroatoms. The quantitative estimate of drug-likeness (QED) is 0.258. The standard InChI is InChI=1S/C23H20O8/c1-30-21-11-14(3-7-16(21)25)5-9-18(27)23(20(29)13-24)19(28)10-6-15-4-8-17(26)22(12-15)31-2/h3-13,23,25-26H,1-2H3/b9-5+,10-6+. The van der Waals surface area contributed by atoms with Crippen LogP contribution in [-0.4, -0.2) is 48.1 Å². The first kappa shape index (κ1) is 23.1. The molecule has 0 saturated carbocycles. The molecular weight excluding hydrogens is 404 g/mol. The van der Waals surface area contributed by atoms with E-state index in [-0.39, 0.29) is 29.3 Å². The van der Waals surface area contributed by atoms with Gasteiger partial charge in [-0.3, -0.25) is 19.2 Å². The number of allylic oxidation sites excluding steroid dienone is 2. The largest absolute Gasteiger partial charge is 0.504 e. The van der Waals surface area contributed by atoms with E-state index in [2.05, 4.69) is 0 Å². The second-order valence-corrected chi connectivity index (χ2v) is 6.29. The lowest BCUT2D eigenvalue weighted by Gasteiger charge is -2.07. The molecule has 2 aromatic carbocycles. The molecule has 0 aliphatic carbocycles. The predicted octanol–water partition coefficient (Wildman–Crippen LogP) is 2.36. The summed E-state index contributed by atoms with van der Waals surface area (Å²) in [5.41, 5.74) is 0.943. The van der Waals surface area contributed by atoms with Crippen molar-refractivity contribution in [2.24, 2.45) is 5.92 Å². The zero-order chi connectivity index (χ0) is 23.0. The van der Waals surface area contributed by atoms with Gasteiger partial charge >= 0.3 is 0 Å². The third-order valence-corrected chi connectivity index (χ3v) is 4.26. The number of phenolic OH excluding ortho intramolecular Hbond substituents is 2. The van der Waals surface area contributed by atoms with Crippen molar-refractivity contribution in [1.82, 2.24) is 0 Å². The van der Waals surface area contributed by atoms with Gasteiger partial charge in [0.25, 0.3) is 0 Å². The lowest BCUT2D eigenvalue weighted by molar-refractivity contribution is -0.140. The van der Waals surface area contributed by atoms with Crippen LogP contribution in [0.1, 0.15) is 11.1 Å². The molecule has 0 atom stereocenters. The number of methoxy groups -OCH3 is 2. The minimum atomic E-state index is -1.82. The van der Waals surface area contributed by atoms with Gasteiger partial charge in [-0.1, -0.05) is 24.3 Å². The minimum Gasteiger partial charge on any atom is -0.504 e. The number of aldehydes is 1. The van der Waals surface area contributed by atoms with Crippen LogP contribution in [-0.2, 0) is 19.2 Å². The van der Waals surface area contributed by atoms with Gasteiger partial charge < -0.3 is 19.7 Å². The molecule has 2 aromatic rings. The van der Waals surface area contributed by atoms with Crippen molar-refractivity contribution in [1.29, 1.82) is 0 Å². The number of aromatic hydroxyl groups is 2. The number of ketones is 3. The van der Waals surface area contributed by atoms with Gasteiger partial charge in [0.2, 0.25) is 5.78 Å². The average Bonchev–Trinajstić information content (AvgIpc) is 2.77. The molecule has 0 spiro atoms. The number of phenols is 2. The molecule has 160 valence electrons. The molecule has 0 fully saturated rings. The number of ether oxygens (including phenoxy) is 2. The molecule has 0 aliphatic rings. The number of hydrogen-bond donors (Lipinski definition) is 2. The zero-order valence-electron chi connectivity index (χ0n) is 16.8. The fourth-order valence-corrected chi connectivity index (χ4v) is 2.63. The van der Waals surface area contributed by atoms with E-state index in [0.717, 1.165) is 12.2 Å². The van der Waals surface area contributed by atoms with Crippen LogP contribution >= 0.6 is 0 Å². The molecular formula is C23H20O8. The molecule has 2 rings (SSSR count). The molecule has 0 bridgehead atoms. The van der Waals surface area contributed by atoms with Crippen LogP contribution in [0.3, 0.4) is 0 Å². The van der Waals surface area contributed by atoms with Crippen LogP contribution < -0.4 is 9.47 Å². The van der Waals surface area contributed by atoms with E-state index in [1.54, 1.807) is 0 Å². The fourth-order valence-electron chi connectivity index (χ4n) is 2.63. The first-order chi connectivity index (χ1) is 14.8. The smallest absolute Gasteiger partial charge is 0.213 e. The topological polar surface area (TPSA) is 127 Å². The van der Waals surface area contributed by atoms with Gasteiger partial charge in [0.1, 0.15) is 0 Å². The molecule has 0 unspecified atom stereocenters. The monoisotopic (exact) mass is 424 g/mol. The fraction of sp³-hybridized carbons (Fsp3) is 0.130. The van der Waals surface area contributed by atoms with Gasteiger partial charge in [-0.15, -0.1) is 0 Å². The third kappa shape index (κ3) is 5.89. The molecule has 0 radical (unpaired) electrons. The summed E-state index contributed by atoms with van der Waals surface area (Å²) in [7, 11) is 2.72. The number of carbonyl (C=O) groups excluding carboxylic acids is 4. The highest BCUT2D eigenvalue weighted by Gasteiger charge is 2.30. The van der Waals surface area contributed by atoms with Gasteiger partial charge in [0.05, 0.1) is 14.2 Å². The summed E-state index contributed by atoms with van der Waals surface area (Å²) in [6, 6.07) is 8.62. The number of benzene rings is 2. The molecule has 0 heterocycles. The summed E-state index contributed by atoms with van der Waals surface area (Å²) in [6.45, 7) is 0. The summed E-state index contributed by atoms with van der Waals surface area (Å²) in [5.74, 6) is -4.56. The summed E-state index contributed by atoms with van der Waals surface area (Å²) in [5, 5.41) is 19.2. The number of Topliss-reactive ketones (excluding diaryl/α,β-unsaturated/α-hetero) is 1. The average molecular weight is 424 g/mol. The van der Waals surface area contributed by atoms with Crippen molar-refractivity contribution in [3.8, 4) is 23.0 Å². The second kappa shape index (κ2) is 10.5. The zero-order valence-corrected chi connectivity index (χ0v) is 16.8. The van der Waals surface area contributed by atoms with Gasteiger partial charge in [-0.05, 0) is 47.5 Å². The van der Waals surface area contributed by atoms with Crippen molar-refractivity contribution in [3.63, 3.8) is 0 Å². The van der Waals surface area contributed by atoms with Crippen LogP contribution in [0, 0.1) is 5.92 Å². The molecule has 0 amide bonds. The number of hydrogen-bond acceptors (Lipinski definition) is 8. The Morgan fingerprint density at radius 3 is 1.55 bits per heavy atom. The Morgan fingerprint density at radius 2 is 1.19 bits per heavy atom. The van der Waals surface area contributed by atoms with E-state index in [4.69, 9.17) is 9.47 Å². The highest BCUT2D eigenvalue weighted by molar-refractivity contribution is 6.40. The van der Waals surface area contributed by atoms with Gasteiger partial charge in [0.15, 0.2) is 46.8 Å². The summed E-state index contributed by atoms with van der Waals surface area (Å²) in [6.07, 6.45) is 4.60. The Hall–Kier alpha value is -4.20. The second-order valence-electron chi connectivity index (χ2n) is 6.29. The molecule has 0 aliphatic heterocycles.